The molecule has 0 spiro atoms. The lowest BCUT2D eigenvalue weighted by Crippen LogP contribution is -2.39. The topological polar surface area (TPSA) is 68.8 Å². The van der Waals surface area contributed by atoms with Crippen LogP contribution in [-0.4, -0.2) is 41.9 Å². The van der Waals surface area contributed by atoms with E-state index >= 15 is 0 Å². The molecule has 2 atom stereocenters. The summed E-state index contributed by atoms with van der Waals surface area (Å²) in [7, 11) is 0. The minimum atomic E-state index is -1.21. The van der Waals surface area contributed by atoms with Gasteiger partial charge in [0.2, 0.25) is 5.82 Å². The lowest BCUT2D eigenvalue weighted by Gasteiger charge is -2.26. The van der Waals surface area contributed by atoms with E-state index in [0.717, 1.165) is 11.3 Å². The highest BCUT2D eigenvalue weighted by atomic mass is 19.1. The molecule has 1 aromatic carbocycles. The van der Waals surface area contributed by atoms with Gasteiger partial charge >= 0.3 is 0 Å². The molecule has 4 heterocycles. The molecule has 5 rings (SSSR count). The Labute approximate surface area is 149 Å². The highest BCUT2D eigenvalue weighted by Gasteiger charge is 2.37. The standard InChI is InChI=1S/C18H17FN6O/c19-14-10-15(12-4-2-1-3-5-12)25-17(14)21-16(22-25)18(26)23-8-9-24-13(11-23)6-7-20-24/h1-7,14-15H,8-11H2/t14-,15-/m0/s1. The van der Waals surface area contributed by atoms with Crippen LogP contribution in [0.5, 0.6) is 0 Å². The summed E-state index contributed by atoms with van der Waals surface area (Å²) in [6.07, 6.45) is 0.818. The van der Waals surface area contributed by atoms with Crippen molar-refractivity contribution in [3.63, 3.8) is 0 Å². The van der Waals surface area contributed by atoms with Crippen LogP contribution in [0.4, 0.5) is 4.39 Å². The molecular weight excluding hydrogens is 335 g/mol. The van der Waals surface area contributed by atoms with Crippen molar-refractivity contribution in [3.8, 4) is 0 Å². The van der Waals surface area contributed by atoms with Crippen LogP contribution in [0.3, 0.4) is 0 Å². The summed E-state index contributed by atoms with van der Waals surface area (Å²) in [6.45, 7) is 1.64. The molecule has 0 bridgehead atoms. The molecule has 0 unspecified atom stereocenters. The summed E-state index contributed by atoms with van der Waals surface area (Å²) in [4.78, 5) is 18.7. The minimum Gasteiger partial charge on any atom is -0.328 e. The number of fused-ring (bicyclic) bond motifs is 2. The van der Waals surface area contributed by atoms with Crippen molar-refractivity contribution >= 4 is 5.91 Å². The molecule has 132 valence electrons. The number of carbonyl (C=O) groups is 1. The third-order valence-electron chi connectivity index (χ3n) is 5.07. The van der Waals surface area contributed by atoms with Crippen molar-refractivity contribution in [2.75, 3.05) is 6.54 Å². The Hall–Kier alpha value is -3.03. The third-order valence-corrected chi connectivity index (χ3v) is 5.07. The van der Waals surface area contributed by atoms with E-state index in [1.54, 1.807) is 15.8 Å². The highest BCUT2D eigenvalue weighted by molar-refractivity contribution is 5.90. The maximum Gasteiger partial charge on any atom is 0.293 e. The Balaban J connectivity index is 1.44. The van der Waals surface area contributed by atoms with Crippen LogP contribution in [0.25, 0.3) is 0 Å². The van der Waals surface area contributed by atoms with Gasteiger partial charge < -0.3 is 4.90 Å². The van der Waals surface area contributed by atoms with Gasteiger partial charge in [0.15, 0.2) is 12.0 Å². The van der Waals surface area contributed by atoms with E-state index in [-0.39, 0.29) is 23.6 Å². The number of alkyl halides is 1. The first-order chi connectivity index (χ1) is 12.7. The predicted molar refractivity (Wildman–Crippen MR) is 90.0 cm³/mol. The monoisotopic (exact) mass is 352 g/mol. The molecule has 0 saturated heterocycles. The second kappa shape index (κ2) is 5.76. The second-order valence-corrected chi connectivity index (χ2v) is 6.64. The van der Waals surface area contributed by atoms with Crippen LogP contribution in [0.15, 0.2) is 42.6 Å². The number of nitrogens with zero attached hydrogens (tertiary/aromatic N) is 6. The summed E-state index contributed by atoms with van der Waals surface area (Å²) in [5, 5.41) is 8.58. The zero-order chi connectivity index (χ0) is 17.7. The molecule has 26 heavy (non-hydrogen) atoms. The van der Waals surface area contributed by atoms with Gasteiger partial charge in [-0.2, -0.15) is 5.10 Å². The first-order valence-electron chi connectivity index (χ1n) is 8.66. The van der Waals surface area contributed by atoms with Gasteiger partial charge in [0.1, 0.15) is 0 Å². The Kier molecular flexibility index (Phi) is 3.37. The van der Waals surface area contributed by atoms with Crippen LogP contribution in [0, 0.1) is 0 Å². The van der Waals surface area contributed by atoms with Crippen LogP contribution in [-0.2, 0) is 13.1 Å². The third kappa shape index (κ3) is 2.33. The van der Waals surface area contributed by atoms with E-state index in [9.17, 15) is 9.18 Å². The molecular formula is C18H17FN6O. The fourth-order valence-corrected chi connectivity index (χ4v) is 3.72. The van der Waals surface area contributed by atoms with E-state index in [4.69, 9.17) is 0 Å². The second-order valence-electron chi connectivity index (χ2n) is 6.64. The van der Waals surface area contributed by atoms with Crippen LogP contribution >= 0.6 is 0 Å². The summed E-state index contributed by atoms with van der Waals surface area (Å²) in [5.41, 5.74) is 1.95. The van der Waals surface area contributed by atoms with Gasteiger partial charge in [0, 0.05) is 19.2 Å². The summed E-state index contributed by atoms with van der Waals surface area (Å²) in [6, 6.07) is 11.3. The van der Waals surface area contributed by atoms with Gasteiger partial charge in [-0.15, -0.1) is 5.10 Å². The number of benzene rings is 1. The number of carbonyl (C=O) groups excluding carboxylic acids is 1. The van der Waals surface area contributed by atoms with Crippen LogP contribution in [0.1, 0.15) is 46.3 Å². The molecule has 0 fully saturated rings. The van der Waals surface area contributed by atoms with E-state index in [2.05, 4.69) is 15.2 Å². The molecule has 0 radical (unpaired) electrons. The molecule has 2 aromatic heterocycles. The summed E-state index contributed by atoms with van der Waals surface area (Å²) < 4.78 is 17.9. The average molecular weight is 352 g/mol. The Morgan fingerprint density at radius 2 is 2.00 bits per heavy atom. The highest BCUT2D eigenvalue weighted by Crippen LogP contribution is 2.39. The van der Waals surface area contributed by atoms with Crippen molar-refractivity contribution in [2.45, 2.75) is 31.7 Å². The van der Waals surface area contributed by atoms with E-state index in [1.807, 2.05) is 41.1 Å². The van der Waals surface area contributed by atoms with Gasteiger partial charge in [0.25, 0.3) is 5.91 Å². The molecule has 0 N–H and O–H groups in total. The average Bonchev–Trinajstić information content (AvgIpc) is 3.37. The largest absolute Gasteiger partial charge is 0.328 e. The molecule has 0 aliphatic carbocycles. The Morgan fingerprint density at radius 1 is 1.15 bits per heavy atom. The Bertz CT molecular complexity index is 965. The molecule has 8 heteroatoms. The van der Waals surface area contributed by atoms with Crippen molar-refractivity contribution in [1.82, 2.24) is 29.4 Å². The predicted octanol–water partition coefficient (Wildman–Crippen LogP) is 2.13. The number of amides is 1. The zero-order valence-electron chi connectivity index (χ0n) is 14.0. The van der Waals surface area contributed by atoms with Gasteiger partial charge in [-0.05, 0) is 11.6 Å². The smallest absolute Gasteiger partial charge is 0.293 e. The molecule has 1 amide bonds. The lowest BCUT2D eigenvalue weighted by molar-refractivity contribution is 0.0692. The Morgan fingerprint density at radius 3 is 2.85 bits per heavy atom. The lowest BCUT2D eigenvalue weighted by atomic mass is 10.0. The van der Waals surface area contributed by atoms with Crippen LogP contribution < -0.4 is 0 Å². The SMILES string of the molecule is O=C(c1nc2n(n1)[C@H](c1ccccc1)C[C@@H]2F)N1CCn2nccc2C1. The zero-order valence-corrected chi connectivity index (χ0v) is 14.0. The number of rotatable bonds is 2. The molecule has 7 nitrogen and oxygen atoms in total. The molecule has 2 aliphatic rings. The van der Waals surface area contributed by atoms with Crippen molar-refractivity contribution in [1.29, 1.82) is 0 Å². The molecule has 0 saturated carbocycles. The summed E-state index contributed by atoms with van der Waals surface area (Å²) in [5.74, 6) is 0.0406. The first kappa shape index (κ1) is 15.2. The minimum absolute atomic E-state index is 0.0660. The van der Waals surface area contributed by atoms with E-state index < -0.39 is 6.17 Å². The van der Waals surface area contributed by atoms with E-state index in [1.165, 1.54) is 0 Å². The fourth-order valence-electron chi connectivity index (χ4n) is 3.72. The maximum atomic E-state index is 14.5. The molecule has 3 aromatic rings. The fraction of sp³-hybridized carbons (Fsp3) is 0.333. The van der Waals surface area contributed by atoms with Gasteiger partial charge in [-0.1, -0.05) is 30.3 Å². The normalized spacial score (nSPS) is 21.5. The van der Waals surface area contributed by atoms with Gasteiger partial charge in [-0.25, -0.2) is 14.1 Å². The van der Waals surface area contributed by atoms with Crippen molar-refractivity contribution in [3.05, 3.63) is 65.5 Å². The number of hydrogen-bond donors (Lipinski definition) is 0. The number of hydrogen-bond acceptors (Lipinski definition) is 4. The van der Waals surface area contributed by atoms with Crippen molar-refractivity contribution < 1.29 is 9.18 Å². The van der Waals surface area contributed by atoms with Crippen LogP contribution in [0.2, 0.25) is 0 Å². The van der Waals surface area contributed by atoms with Gasteiger partial charge in [-0.3, -0.25) is 9.48 Å². The van der Waals surface area contributed by atoms with Gasteiger partial charge in [0.05, 0.1) is 24.8 Å². The molecule has 2 aliphatic heterocycles. The number of aromatic nitrogens is 5. The quantitative estimate of drug-likeness (QED) is 0.709. The van der Waals surface area contributed by atoms with E-state index in [0.29, 0.717) is 26.1 Å². The summed E-state index contributed by atoms with van der Waals surface area (Å²) >= 11 is 0. The maximum absolute atomic E-state index is 14.5. The number of halogens is 1. The van der Waals surface area contributed by atoms with Crippen molar-refractivity contribution in [2.24, 2.45) is 0 Å². The first-order valence-corrected chi connectivity index (χ1v) is 8.66.